The first-order chi connectivity index (χ1) is 35.7. The van der Waals surface area contributed by atoms with E-state index in [2.05, 4.69) is 86.8 Å². The van der Waals surface area contributed by atoms with Crippen molar-refractivity contribution >= 4 is 11.9 Å². The zero-order valence-corrected chi connectivity index (χ0v) is 46.5. The van der Waals surface area contributed by atoms with Crippen molar-refractivity contribution in [2.75, 3.05) is 13.2 Å². The van der Waals surface area contributed by atoms with E-state index in [1.807, 2.05) is 6.08 Å². The number of allylic oxidation sites excluding steroid dienone is 11. The van der Waals surface area contributed by atoms with E-state index in [1.54, 1.807) is 6.08 Å². The Hall–Kier alpha value is -2.90. The fraction of sp³-hybridized carbons (Fsp3) is 0.774. The Morgan fingerprint density at radius 2 is 0.986 bits per heavy atom. The molecule has 8 unspecified atom stereocenters. The average molecular weight is 1030 g/mol. The van der Waals surface area contributed by atoms with Gasteiger partial charge in [0.25, 0.3) is 0 Å². The molecule has 0 aliphatic carbocycles. The van der Waals surface area contributed by atoms with Crippen LogP contribution in [0.5, 0.6) is 0 Å². The highest BCUT2D eigenvalue weighted by Crippen LogP contribution is 2.26. The number of ether oxygens (including phenoxy) is 3. The predicted molar refractivity (Wildman–Crippen MR) is 301 cm³/mol. The maximum atomic E-state index is 13.4. The number of carbonyl (C=O) groups excluding carboxylic acids is 2. The molecule has 1 aliphatic rings. The summed E-state index contributed by atoms with van der Waals surface area (Å²) in [6.07, 6.45) is 52.2. The third-order valence-electron chi connectivity index (χ3n) is 13.6. The van der Waals surface area contributed by atoms with E-state index in [0.717, 1.165) is 109 Å². The molecule has 0 spiro atoms. The third-order valence-corrected chi connectivity index (χ3v) is 13.6. The van der Waals surface area contributed by atoms with Gasteiger partial charge >= 0.3 is 5.97 Å². The Bertz CT molecular complexity index is 1460. The minimum Gasteiger partial charge on any atom is -0.454 e. The van der Waals surface area contributed by atoms with Gasteiger partial charge in [0.05, 0.1) is 25.4 Å². The largest absolute Gasteiger partial charge is 0.454 e. The van der Waals surface area contributed by atoms with Crippen molar-refractivity contribution in [2.24, 2.45) is 0 Å². The molecule has 0 aromatic heterocycles. The standard InChI is InChI=1S/C62H109NO10/c1-4-7-10-13-16-19-22-24-26-27-28-30-31-34-37-40-43-46-49-55(66)61(70)63-53(54(65)48-45-42-39-36-33-21-18-15-12-9-6-3)52-71-62-60(59(69)58(68)56(51-64)72-62)73-57(67)50-47-44-41-38-35-32-29-25-23-20-17-14-11-8-5-2/h16-17,19-20,23-26,28,30,45,48,53-56,58-60,62,64-66,68-69H,4-15,18,21-22,27,29,31-44,46-47,49-52H2,1-3H3,(H,63,70)/b19-16-,20-17+,25-23+,26-24-,30-28-,48-45+. The van der Waals surface area contributed by atoms with E-state index in [0.29, 0.717) is 12.8 Å². The molecular formula is C62H109NO10. The summed E-state index contributed by atoms with van der Waals surface area (Å²) in [6.45, 7) is 5.70. The number of unbranched alkanes of at least 4 members (excludes halogenated alkanes) is 26. The minimum absolute atomic E-state index is 0.106. The van der Waals surface area contributed by atoms with Crippen LogP contribution < -0.4 is 5.32 Å². The quantitative estimate of drug-likeness (QED) is 0.0149. The molecule has 0 saturated carbocycles. The molecule has 11 nitrogen and oxygen atoms in total. The summed E-state index contributed by atoms with van der Waals surface area (Å²) in [4.78, 5) is 26.5. The molecule has 0 radical (unpaired) electrons. The summed E-state index contributed by atoms with van der Waals surface area (Å²) >= 11 is 0. The van der Waals surface area contributed by atoms with Gasteiger partial charge in [-0.3, -0.25) is 9.59 Å². The van der Waals surface area contributed by atoms with Crippen molar-refractivity contribution in [3.05, 3.63) is 72.9 Å². The second kappa shape index (κ2) is 49.9. The molecule has 422 valence electrons. The van der Waals surface area contributed by atoms with Gasteiger partial charge in [-0.15, -0.1) is 0 Å². The molecule has 0 aromatic rings. The summed E-state index contributed by atoms with van der Waals surface area (Å²) in [5.41, 5.74) is 0. The van der Waals surface area contributed by atoms with Crippen LogP contribution in [-0.2, 0) is 23.8 Å². The number of hydrogen-bond acceptors (Lipinski definition) is 10. The monoisotopic (exact) mass is 1030 g/mol. The first-order valence-electron chi connectivity index (χ1n) is 29.7. The molecule has 0 aromatic carbocycles. The van der Waals surface area contributed by atoms with E-state index in [4.69, 9.17) is 14.2 Å². The van der Waals surface area contributed by atoms with Crippen molar-refractivity contribution in [3.63, 3.8) is 0 Å². The number of rotatable bonds is 49. The molecular weight excluding hydrogens is 919 g/mol. The summed E-state index contributed by atoms with van der Waals surface area (Å²) in [7, 11) is 0. The van der Waals surface area contributed by atoms with Gasteiger partial charge in [-0.2, -0.15) is 0 Å². The van der Waals surface area contributed by atoms with E-state index >= 15 is 0 Å². The SMILES string of the molecule is CCCCC/C=C\C/C=C\C/C=C\CCCCCCCC(O)C(=O)NC(COC1OC(CO)C(O)C(O)C1OC(=O)CCCCCCCC/C=C/C=C/CCCCC)C(O)/C=C/CCCCCCCCCCC. The highest BCUT2D eigenvalue weighted by Gasteiger charge is 2.47. The van der Waals surface area contributed by atoms with E-state index < -0.39 is 67.4 Å². The van der Waals surface area contributed by atoms with Crippen LogP contribution in [0.3, 0.4) is 0 Å². The van der Waals surface area contributed by atoms with Gasteiger partial charge in [0, 0.05) is 6.42 Å². The Labute approximate surface area is 445 Å². The van der Waals surface area contributed by atoms with Gasteiger partial charge in [-0.25, -0.2) is 0 Å². The number of nitrogens with one attached hydrogen (secondary N) is 1. The van der Waals surface area contributed by atoms with Crippen molar-refractivity contribution in [1.29, 1.82) is 0 Å². The lowest BCUT2D eigenvalue weighted by atomic mass is 9.99. The maximum Gasteiger partial charge on any atom is 0.306 e. The number of esters is 1. The Morgan fingerprint density at radius 3 is 1.52 bits per heavy atom. The number of amides is 1. The van der Waals surface area contributed by atoms with Crippen LogP contribution in [0.4, 0.5) is 0 Å². The van der Waals surface area contributed by atoms with Crippen LogP contribution in [0, 0.1) is 0 Å². The molecule has 1 rings (SSSR count). The normalized spacial score (nSPS) is 19.9. The lowest BCUT2D eigenvalue weighted by Crippen LogP contribution is -2.61. The van der Waals surface area contributed by atoms with Crippen molar-refractivity contribution < 1.29 is 49.3 Å². The van der Waals surface area contributed by atoms with Gasteiger partial charge in [-0.1, -0.05) is 222 Å². The van der Waals surface area contributed by atoms with Crippen molar-refractivity contribution in [3.8, 4) is 0 Å². The Balaban J connectivity index is 2.72. The van der Waals surface area contributed by atoms with Crippen LogP contribution in [0.1, 0.15) is 245 Å². The summed E-state index contributed by atoms with van der Waals surface area (Å²) < 4.78 is 17.6. The van der Waals surface area contributed by atoms with Crippen LogP contribution >= 0.6 is 0 Å². The highest BCUT2D eigenvalue weighted by molar-refractivity contribution is 5.80. The van der Waals surface area contributed by atoms with E-state index in [-0.39, 0.29) is 19.4 Å². The maximum absolute atomic E-state index is 13.4. The molecule has 1 heterocycles. The van der Waals surface area contributed by atoms with Crippen molar-refractivity contribution in [2.45, 2.75) is 294 Å². The van der Waals surface area contributed by atoms with Gasteiger partial charge < -0.3 is 45.1 Å². The van der Waals surface area contributed by atoms with Gasteiger partial charge in [-0.05, 0) is 89.9 Å². The highest BCUT2D eigenvalue weighted by atomic mass is 16.7. The summed E-state index contributed by atoms with van der Waals surface area (Å²) in [6, 6.07) is -1.04. The molecule has 1 saturated heterocycles. The second-order valence-electron chi connectivity index (χ2n) is 20.4. The van der Waals surface area contributed by atoms with Gasteiger partial charge in [0.2, 0.25) is 5.91 Å². The molecule has 8 atom stereocenters. The van der Waals surface area contributed by atoms with E-state index in [9.17, 15) is 35.1 Å². The minimum atomic E-state index is -1.62. The molecule has 1 amide bonds. The zero-order valence-electron chi connectivity index (χ0n) is 46.5. The lowest BCUT2D eigenvalue weighted by molar-refractivity contribution is -0.305. The smallest absolute Gasteiger partial charge is 0.306 e. The van der Waals surface area contributed by atoms with Crippen LogP contribution in [0.25, 0.3) is 0 Å². The van der Waals surface area contributed by atoms with Gasteiger partial charge in [0.15, 0.2) is 12.4 Å². The second-order valence-corrected chi connectivity index (χ2v) is 20.4. The van der Waals surface area contributed by atoms with Gasteiger partial charge in [0.1, 0.15) is 24.4 Å². The van der Waals surface area contributed by atoms with E-state index in [1.165, 1.54) is 89.9 Å². The van der Waals surface area contributed by atoms with Crippen LogP contribution in [0.15, 0.2) is 72.9 Å². The number of aliphatic hydroxyl groups is 5. The fourth-order valence-corrected chi connectivity index (χ4v) is 8.82. The molecule has 6 N–H and O–H groups in total. The molecule has 11 heteroatoms. The molecule has 1 fully saturated rings. The average Bonchev–Trinajstić information content (AvgIpc) is 3.39. The summed E-state index contributed by atoms with van der Waals surface area (Å²) in [5.74, 6) is -1.22. The zero-order chi connectivity index (χ0) is 53.3. The molecule has 73 heavy (non-hydrogen) atoms. The lowest BCUT2D eigenvalue weighted by Gasteiger charge is -2.41. The summed E-state index contributed by atoms with van der Waals surface area (Å²) in [5, 5.41) is 56.8. The predicted octanol–water partition coefficient (Wildman–Crippen LogP) is 13.6. The first-order valence-corrected chi connectivity index (χ1v) is 29.7. The number of carbonyl (C=O) groups is 2. The van der Waals surface area contributed by atoms with Crippen LogP contribution in [0.2, 0.25) is 0 Å². The first kappa shape index (κ1) is 68.1. The van der Waals surface area contributed by atoms with Crippen LogP contribution in [-0.4, -0.2) is 99.6 Å². The fourth-order valence-electron chi connectivity index (χ4n) is 8.82. The Kier molecular flexibility index (Phi) is 46.6. The molecule has 0 bridgehead atoms. The molecule has 1 aliphatic heterocycles. The Morgan fingerprint density at radius 1 is 0.548 bits per heavy atom. The number of hydrogen-bond donors (Lipinski definition) is 6. The third kappa shape index (κ3) is 38.3. The number of aliphatic hydroxyl groups excluding tert-OH is 5. The topological polar surface area (TPSA) is 175 Å². The van der Waals surface area contributed by atoms with Crippen molar-refractivity contribution in [1.82, 2.24) is 5.32 Å².